The fourth-order valence-electron chi connectivity index (χ4n) is 4.10. The number of fused-ring (bicyclic) bond motifs is 3. The highest BCUT2D eigenvalue weighted by atomic mass is 19.4. The van der Waals surface area contributed by atoms with E-state index in [4.69, 9.17) is 0 Å². The maximum absolute atomic E-state index is 12.8. The summed E-state index contributed by atoms with van der Waals surface area (Å²) in [5.74, 6) is -0.393. The van der Waals surface area contributed by atoms with Gasteiger partial charge in [-0.3, -0.25) is 0 Å². The minimum atomic E-state index is -4.00. The van der Waals surface area contributed by atoms with Gasteiger partial charge < -0.3 is 10.2 Å². The van der Waals surface area contributed by atoms with Crippen LogP contribution in [-0.2, 0) is 0 Å². The van der Waals surface area contributed by atoms with Crippen LogP contribution in [0.5, 0.6) is 0 Å². The first-order valence-electron chi connectivity index (χ1n) is 7.57. The van der Waals surface area contributed by atoms with Gasteiger partial charge in [-0.05, 0) is 51.1 Å². The molecule has 3 heterocycles. The molecule has 3 aliphatic heterocycles. The summed E-state index contributed by atoms with van der Waals surface area (Å²) in [4.78, 5) is 2.45. The van der Waals surface area contributed by atoms with Crippen molar-refractivity contribution in [3.63, 3.8) is 0 Å². The van der Waals surface area contributed by atoms with Crippen LogP contribution >= 0.6 is 0 Å². The zero-order valence-corrected chi connectivity index (χ0v) is 11.3. The summed E-state index contributed by atoms with van der Waals surface area (Å²) in [5, 5.41) is 3.55. The molecular formula is C14H23F3N2. The zero-order valence-electron chi connectivity index (χ0n) is 11.3. The Morgan fingerprint density at radius 3 is 2.32 bits per heavy atom. The van der Waals surface area contributed by atoms with Crippen LogP contribution in [0.1, 0.15) is 38.5 Å². The van der Waals surface area contributed by atoms with Crippen molar-refractivity contribution in [2.45, 2.75) is 56.8 Å². The van der Waals surface area contributed by atoms with Crippen molar-refractivity contribution < 1.29 is 13.2 Å². The van der Waals surface area contributed by atoms with Gasteiger partial charge in [0.2, 0.25) is 0 Å². The van der Waals surface area contributed by atoms with Gasteiger partial charge in [0.25, 0.3) is 0 Å². The van der Waals surface area contributed by atoms with E-state index >= 15 is 0 Å². The summed E-state index contributed by atoms with van der Waals surface area (Å²) in [6.45, 7) is 3.40. The molecule has 2 bridgehead atoms. The zero-order chi connectivity index (χ0) is 13.5. The van der Waals surface area contributed by atoms with E-state index in [1.165, 1.54) is 25.9 Å². The van der Waals surface area contributed by atoms with Gasteiger partial charge >= 0.3 is 6.18 Å². The van der Waals surface area contributed by atoms with Crippen molar-refractivity contribution in [3.8, 4) is 0 Å². The van der Waals surface area contributed by atoms with Crippen LogP contribution in [0.4, 0.5) is 13.2 Å². The fraction of sp³-hybridized carbons (Fsp3) is 1.00. The fourth-order valence-corrected chi connectivity index (χ4v) is 4.10. The summed E-state index contributed by atoms with van der Waals surface area (Å²) in [5.41, 5.74) is 0. The van der Waals surface area contributed by atoms with Gasteiger partial charge in [0, 0.05) is 18.6 Å². The normalized spacial score (nSPS) is 43.4. The number of halogens is 3. The molecule has 0 radical (unpaired) electrons. The molecule has 3 atom stereocenters. The molecule has 0 amide bonds. The summed E-state index contributed by atoms with van der Waals surface area (Å²) in [6.07, 6.45) is 0.656. The van der Waals surface area contributed by atoms with Crippen molar-refractivity contribution in [2.75, 3.05) is 19.6 Å². The Balaban J connectivity index is 1.55. The first-order chi connectivity index (χ1) is 9.02. The summed E-state index contributed by atoms with van der Waals surface area (Å²) in [7, 11) is 0. The summed E-state index contributed by atoms with van der Waals surface area (Å²) >= 11 is 0. The van der Waals surface area contributed by atoms with E-state index in [9.17, 15) is 13.2 Å². The topological polar surface area (TPSA) is 15.3 Å². The molecule has 1 aliphatic carbocycles. The van der Waals surface area contributed by atoms with Crippen molar-refractivity contribution in [2.24, 2.45) is 11.8 Å². The van der Waals surface area contributed by atoms with Gasteiger partial charge in [-0.15, -0.1) is 0 Å². The van der Waals surface area contributed by atoms with Crippen LogP contribution < -0.4 is 5.32 Å². The van der Waals surface area contributed by atoms with Gasteiger partial charge in [-0.2, -0.15) is 13.2 Å². The molecule has 110 valence electrons. The largest absolute Gasteiger partial charge is 0.391 e. The van der Waals surface area contributed by atoms with Crippen molar-refractivity contribution in [1.82, 2.24) is 10.2 Å². The van der Waals surface area contributed by atoms with Crippen LogP contribution in [-0.4, -0.2) is 42.8 Å². The van der Waals surface area contributed by atoms with Gasteiger partial charge in [0.05, 0.1) is 5.92 Å². The standard InChI is InChI=1S/C14H23F3N2/c15-14(16,17)11-2-1-3-12(8-11)18-13-9-19-6-4-10(13)5-7-19/h10-13,18H,1-9H2. The minimum Gasteiger partial charge on any atom is -0.310 e. The van der Waals surface area contributed by atoms with Crippen molar-refractivity contribution in [3.05, 3.63) is 0 Å². The Morgan fingerprint density at radius 2 is 1.74 bits per heavy atom. The van der Waals surface area contributed by atoms with E-state index in [0.717, 1.165) is 13.0 Å². The molecule has 5 heteroatoms. The molecule has 0 aromatic rings. The number of nitrogens with one attached hydrogen (secondary N) is 1. The van der Waals surface area contributed by atoms with E-state index < -0.39 is 12.1 Å². The SMILES string of the molecule is FC(F)(F)C1CCCC(NC2CN3CCC2CC3)C1. The molecule has 0 aromatic carbocycles. The van der Waals surface area contributed by atoms with E-state index in [1.807, 2.05) is 0 Å². The lowest BCUT2D eigenvalue weighted by molar-refractivity contribution is -0.184. The number of hydrogen-bond acceptors (Lipinski definition) is 2. The minimum absolute atomic E-state index is 0.0749. The third-order valence-corrected chi connectivity index (χ3v) is 5.24. The van der Waals surface area contributed by atoms with E-state index in [2.05, 4.69) is 10.2 Å². The van der Waals surface area contributed by atoms with E-state index in [1.54, 1.807) is 0 Å². The maximum Gasteiger partial charge on any atom is 0.391 e. The molecule has 2 nitrogen and oxygen atoms in total. The van der Waals surface area contributed by atoms with Crippen LogP contribution in [0.25, 0.3) is 0 Å². The lowest BCUT2D eigenvalue weighted by Crippen LogP contribution is -2.58. The van der Waals surface area contributed by atoms with E-state index in [0.29, 0.717) is 24.8 Å². The predicted molar refractivity (Wildman–Crippen MR) is 67.9 cm³/mol. The third-order valence-electron chi connectivity index (χ3n) is 5.24. The summed E-state index contributed by atoms with van der Waals surface area (Å²) < 4.78 is 38.4. The second-order valence-electron chi connectivity index (χ2n) is 6.51. The van der Waals surface area contributed by atoms with Crippen LogP contribution in [0, 0.1) is 11.8 Å². The highest BCUT2D eigenvalue weighted by molar-refractivity contribution is 4.93. The Hall–Kier alpha value is -0.290. The van der Waals surface area contributed by atoms with Crippen LogP contribution in [0.3, 0.4) is 0 Å². The van der Waals surface area contributed by atoms with Crippen molar-refractivity contribution in [1.29, 1.82) is 0 Å². The second kappa shape index (κ2) is 5.24. The van der Waals surface area contributed by atoms with Gasteiger partial charge in [0.15, 0.2) is 0 Å². The van der Waals surface area contributed by atoms with Crippen LogP contribution in [0.15, 0.2) is 0 Å². The van der Waals surface area contributed by atoms with E-state index in [-0.39, 0.29) is 12.5 Å². The lowest BCUT2D eigenvalue weighted by Gasteiger charge is -2.47. The number of piperidine rings is 3. The van der Waals surface area contributed by atoms with Crippen LogP contribution in [0.2, 0.25) is 0 Å². The number of rotatable bonds is 2. The number of alkyl halides is 3. The number of nitrogens with zero attached hydrogens (tertiary/aromatic N) is 1. The molecule has 4 rings (SSSR count). The van der Waals surface area contributed by atoms with Gasteiger partial charge in [-0.25, -0.2) is 0 Å². The average molecular weight is 276 g/mol. The molecule has 1 saturated carbocycles. The molecule has 19 heavy (non-hydrogen) atoms. The Bertz CT molecular complexity index is 310. The molecule has 0 aromatic heterocycles. The Labute approximate surface area is 112 Å². The van der Waals surface area contributed by atoms with Gasteiger partial charge in [0.1, 0.15) is 0 Å². The first kappa shape index (κ1) is 13.7. The Kier molecular flexibility index (Phi) is 3.78. The lowest BCUT2D eigenvalue weighted by atomic mass is 9.81. The molecular weight excluding hydrogens is 253 g/mol. The monoisotopic (exact) mass is 276 g/mol. The highest BCUT2D eigenvalue weighted by Gasteiger charge is 2.43. The summed E-state index contributed by atoms with van der Waals surface area (Å²) in [6, 6.07) is 0.505. The van der Waals surface area contributed by atoms with Crippen molar-refractivity contribution >= 4 is 0 Å². The quantitative estimate of drug-likeness (QED) is 0.834. The third kappa shape index (κ3) is 3.07. The Morgan fingerprint density at radius 1 is 1.00 bits per heavy atom. The maximum atomic E-state index is 12.8. The second-order valence-corrected chi connectivity index (χ2v) is 6.51. The first-order valence-corrected chi connectivity index (χ1v) is 7.57. The number of hydrogen-bond donors (Lipinski definition) is 1. The molecule has 3 saturated heterocycles. The molecule has 0 spiro atoms. The molecule has 4 aliphatic rings. The highest BCUT2D eigenvalue weighted by Crippen LogP contribution is 2.38. The average Bonchev–Trinajstić information content (AvgIpc) is 2.39. The smallest absolute Gasteiger partial charge is 0.310 e. The predicted octanol–water partition coefficient (Wildman–Crippen LogP) is 2.79. The molecule has 1 N–H and O–H groups in total. The molecule has 3 unspecified atom stereocenters. The molecule has 4 fully saturated rings. The van der Waals surface area contributed by atoms with Gasteiger partial charge in [-0.1, -0.05) is 6.42 Å².